The Bertz CT molecular complexity index is 716. The number of hydrogen-bond donors (Lipinski definition) is 2. The van der Waals surface area contributed by atoms with Crippen LogP contribution in [0.4, 0.5) is 0 Å². The van der Waals surface area contributed by atoms with Gasteiger partial charge in [0.15, 0.2) is 5.96 Å². The van der Waals surface area contributed by atoms with E-state index in [0.717, 1.165) is 70.4 Å². The van der Waals surface area contributed by atoms with Gasteiger partial charge >= 0.3 is 0 Å². The normalized spacial score (nSPS) is 16.3. The zero-order valence-electron chi connectivity index (χ0n) is 17.2. The molecule has 2 aromatic heterocycles. The number of thiophene rings is 1. The van der Waals surface area contributed by atoms with Crippen LogP contribution in [0.3, 0.4) is 0 Å². The maximum absolute atomic E-state index is 5.53. The molecule has 0 radical (unpaired) electrons. The summed E-state index contributed by atoms with van der Waals surface area (Å²) >= 11 is 3.56. The molecule has 3 rings (SSSR count). The summed E-state index contributed by atoms with van der Waals surface area (Å²) in [6, 6.07) is 4.65. The molecule has 2 aromatic rings. The van der Waals surface area contributed by atoms with Gasteiger partial charge in [0.1, 0.15) is 0 Å². The molecule has 0 amide bonds. The van der Waals surface area contributed by atoms with Crippen molar-refractivity contribution in [2.45, 2.75) is 32.7 Å². The number of aryl methyl sites for hydroxylation is 1. The fraction of sp³-hybridized carbons (Fsp3) is 0.600. The van der Waals surface area contributed by atoms with Crippen LogP contribution in [-0.4, -0.2) is 61.8 Å². The van der Waals surface area contributed by atoms with Crippen molar-refractivity contribution in [1.82, 2.24) is 20.5 Å². The van der Waals surface area contributed by atoms with E-state index < -0.39 is 0 Å². The summed E-state index contributed by atoms with van der Waals surface area (Å²) in [4.78, 5) is 13.4. The average molecular weight is 550 g/mol. The van der Waals surface area contributed by atoms with Gasteiger partial charge in [0.25, 0.3) is 0 Å². The van der Waals surface area contributed by atoms with E-state index in [0.29, 0.717) is 6.04 Å². The topological polar surface area (TPSA) is 61.8 Å². The molecule has 0 saturated carbocycles. The Labute approximate surface area is 199 Å². The number of rotatable bonds is 9. The summed E-state index contributed by atoms with van der Waals surface area (Å²) in [5.41, 5.74) is 1.16. The summed E-state index contributed by atoms with van der Waals surface area (Å²) in [7, 11) is 0. The monoisotopic (exact) mass is 549 g/mol. The molecule has 9 heteroatoms. The fourth-order valence-corrected chi connectivity index (χ4v) is 4.84. The first-order valence-corrected chi connectivity index (χ1v) is 11.9. The molecule has 0 aromatic carbocycles. The molecule has 1 aliphatic heterocycles. The lowest BCUT2D eigenvalue weighted by Gasteiger charge is -2.33. The molecule has 1 saturated heterocycles. The molecule has 1 unspecified atom stereocenters. The maximum Gasteiger partial charge on any atom is 0.191 e. The van der Waals surface area contributed by atoms with Crippen LogP contribution in [0.2, 0.25) is 0 Å². The van der Waals surface area contributed by atoms with Crippen LogP contribution >= 0.6 is 46.7 Å². The zero-order valence-corrected chi connectivity index (χ0v) is 21.2. The Morgan fingerprint density at radius 2 is 2.10 bits per heavy atom. The first kappa shape index (κ1) is 24.5. The van der Waals surface area contributed by atoms with Gasteiger partial charge in [-0.15, -0.1) is 46.7 Å². The number of nitrogens with zero attached hydrogens (tertiary/aromatic N) is 3. The summed E-state index contributed by atoms with van der Waals surface area (Å²) in [6.45, 7) is 10.2. The van der Waals surface area contributed by atoms with Crippen molar-refractivity contribution in [2.75, 3.05) is 45.9 Å². The number of hydrogen-bond acceptors (Lipinski definition) is 6. The number of aromatic nitrogens is 1. The number of aliphatic imine (C=N–C) groups is 1. The van der Waals surface area contributed by atoms with E-state index in [1.807, 2.05) is 11.3 Å². The summed E-state index contributed by atoms with van der Waals surface area (Å²) < 4.78 is 5.53. The summed E-state index contributed by atoms with van der Waals surface area (Å²) in [6.07, 6.45) is 1.92. The van der Waals surface area contributed by atoms with Crippen molar-refractivity contribution in [2.24, 2.45) is 4.99 Å². The van der Waals surface area contributed by atoms with Crippen molar-refractivity contribution in [3.05, 3.63) is 38.5 Å². The first-order valence-electron chi connectivity index (χ1n) is 10.1. The molecular formula is C20H32IN5OS2. The molecule has 1 aliphatic rings. The quantitative estimate of drug-likeness (QED) is 0.285. The summed E-state index contributed by atoms with van der Waals surface area (Å²) in [5.74, 6) is 0.878. The van der Waals surface area contributed by atoms with Gasteiger partial charge in [-0.05, 0) is 24.8 Å². The second-order valence-electron chi connectivity index (χ2n) is 6.66. The second-order valence-corrected chi connectivity index (χ2v) is 8.58. The Morgan fingerprint density at radius 1 is 1.28 bits per heavy atom. The lowest BCUT2D eigenvalue weighted by molar-refractivity contribution is 0.0186. The SMILES string of the molecule is CCNC(=NCC(c1cccs1)N1CCOCC1)NCCc1csc(CC)n1.I. The summed E-state index contributed by atoms with van der Waals surface area (Å²) in [5, 5.41) is 12.4. The van der Waals surface area contributed by atoms with Gasteiger partial charge in [-0.3, -0.25) is 9.89 Å². The third-order valence-corrected chi connectivity index (χ3v) is 6.72. The van der Waals surface area contributed by atoms with Crippen molar-refractivity contribution < 1.29 is 4.74 Å². The van der Waals surface area contributed by atoms with Crippen LogP contribution < -0.4 is 10.6 Å². The fourth-order valence-electron chi connectivity index (χ4n) is 3.21. The van der Waals surface area contributed by atoms with Crippen LogP contribution in [0.5, 0.6) is 0 Å². The van der Waals surface area contributed by atoms with Crippen LogP contribution in [0.25, 0.3) is 0 Å². The zero-order chi connectivity index (χ0) is 19.6. The van der Waals surface area contributed by atoms with E-state index in [-0.39, 0.29) is 24.0 Å². The molecular weight excluding hydrogens is 517 g/mol. The Kier molecular flexibility index (Phi) is 11.4. The van der Waals surface area contributed by atoms with Gasteiger partial charge in [-0.1, -0.05) is 13.0 Å². The molecule has 162 valence electrons. The molecule has 3 heterocycles. The largest absolute Gasteiger partial charge is 0.379 e. The van der Waals surface area contributed by atoms with E-state index in [2.05, 4.69) is 57.3 Å². The predicted molar refractivity (Wildman–Crippen MR) is 134 cm³/mol. The highest BCUT2D eigenvalue weighted by Gasteiger charge is 2.23. The minimum Gasteiger partial charge on any atom is -0.379 e. The standard InChI is InChI=1S/C20H31N5OS2.HI/c1-3-19-24-16(15-28-19)7-8-22-20(21-4-2)23-14-17(18-6-5-13-27-18)25-9-11-26-12-10-25;/h5-6,13,15,17H,3-4,7-12,14H2,1-2H3,(H2,21,22,23);1H. The average Bonchev–Trinajstić information content (AvgIpc) is 3.41. The van der Waals surface area contributed by atoms with Crippen molar-refractivity contribution in [1.29, 1.82) is 0 Å². The van der Waals surface area contributed by atoms with Crippen LogP contribution in [0, 0.1) is 0 Å². The minimum atomic E-state index is 0. The van der Waals surface area contributed by atoms with Crippen LogP contribution in [0.1, 0.15) is 35.5 Å². The number of guanidine groups is 1. The molecule has 0 aliphatic carbocycles. The number of morpholine rings is 1. The Balaban J connectivity index is 0.00000300. The van der Waals surface area contributed by atoms with E-state index in [1.165, 1.54) is 9.88 Å². The van der Waals surface area contributed by atoms with Crippen molar-refractivity contribution in [3.8, 4) is 0 Å². The van der Waals surface area contributed by atoms with Gasteiger partial charge in [0.2, 0.25) is 0 Å². The van der Waals surface area contributed by atoms with Crippen molar-refractivity contribution in [3.63, 3.8) is 0 Å². The van der Waals surface area contributed by atoms with Gasteiger partial charge in [0, 0.05) is 42.9 Å². The van der Waals surface area contributed by atoms with Gasteiger partial charge in [-0.25, -0.2) is 4.98 Å². The van der Waals surface area contributed by atoms with Gasteiger partial charge in [0.05, 0.1) is 36.5 Å². The molecule has 0 bridgehead atoms. The highest BCUT2D eigenvalue weighted by Crippen LogP contribution is 2.26. The number of thiazole rings is 1. The molecule has 0 spiro atoms. The molecule has 29 heavy (non-hydrogen) atoms. The molecule has 1 atom stereocenters. The van der Waals surface area contributed by atoms with Crippen LogP contribution in [-0.2, 0) is 17.6 Å². The number of halogens is 1. The van der Waals surface area contributed by atoms with E-state index >= 15 is 0 Å². The number of ether oxygens (including phenoxy) is 1. The molecule has 1 fully saturated rings. The first-order chi connectivity index (χ1) is 13.8. The second kappa shape index (κ2) is 13.5. The Hall–Kier alpha value is -0.750. The molecule has 6 nitrogen and oxygen atoms in total. The van der Waals surface area contributed by atoms with E-state index in [1.54, 1.807) is 11.3 Å². The lowest BCUT2D eigenvalue weighted by Crippen LogP contribution is -2.42. The van der Waals surface area contributed by atoms with Crippen molar-refractivity contribution >= 4 is 52.6 Å². The predicted octanol–water partition coefficient (Wildman–Crippen LogP) is 3.56. The van der Waals surface area contributed by atoms with Gasteiger partial charge < -0.3 is 15.4 Å². The number of nitrogens with one attached hydrogen (secondary N) is 2. The molecule has 2 N–H and O–H groups in total. The lowest BCUT2D eigenvalue weighted by atomic mass is 10.2. The highest BCUT2D eigenvalue weighted by molar-refractivity contribution is 14.0. The minimum absolute atomic E-state index is 0. The van der Waals surface area contributed by atoms with Crippen LogP contribution in [0.15, 0.2) is 27.9 Å². The van der Waals surface area contributed by atoms with E-state index in [9.17, 15) is 0 Å². The van der Waals surface area contributed by atoms with E-state index in [4.69, 9.17) is 9.73 Å². The third-order valence-electron chi connectivity index (χ3n) is 4.70. The highest BCUT2D eigenvalue weighted by atomic mass is 127. The Morgan fingerprint density at radius 3 is 2.76 bits per heavy atom. The maximum atomic E-state index is 5.53. The third kappa shape index (κ3) is 7.78. The smallest absolute Gasteiger partial charge is 0.191 e. The van der Waals surface area contributed by atoms with Gasteiger partial charge in [-0.2, -0.15) is 0 Å².